The van der Waals surface area contributed by atoms with Crippen LogP contribution in [0.5, 0.6) is 0 Å². The molecule has 0 unspecified atom stereocenters. The quantitative estimate of drug-likeness (QED) is 0.505. The highest BCUT2D eigenvalue weighted by molar-refractivity contribution is 7.82. The summed E-state index contributed by atoms with van der Waals surface area (Å²) in [7, 11) is 0. The first-order valence-corrected chi connectivity index (χ1v) is 2.95. The van der Waals surface area contributed by atoms with E-state index in [1.807, 2.05) is 0 Å². The van der Waals surface area contributed by atoms with Crippen LogP contribution < -0.4 is 5.32 Å². The molecule has 0 spiro atoms. The van der Waals surface area contributed by atoms with Crippen molar-refractivity contribution in [2.24, 2.45) is 4.99 Å². The van der Waals surface area contributed by atoms with E-state index < -0.39 is 0 Å². The van der Waals surface area contributed by atoms with Crippen LogP contribution >= 0.6 is 24.4 Å². The first kappa shape index (κ1) is 5.78. The summed E-state index contributed by atoms with van der Waals surface area (Å²) in [6, 6.07) is 0. The number of thiocarbonyl (C=S) groups is 2. The Kier molecular flexibility index (Phi) is 1.65. The third kappa shape index (κ3) is 1.31. The minimum Gasteiger partial charge on any atom is -0.340 e. The first-order chi connectivity index (χ1) is 3.79. The molecule has 0 saturated carbocycles. The molecule has 1 N–H and O–H groups in total. The lowest BCUT2D eigenvalue weighted by Crippen LogP contribution is -2.26. The van der Waals surface area contributed by atoms with Crippen LogP contribution in [0.2, 0.25) is 0 Å². The van der Waals surface area contributed by atoms with E-state index in [4.69, 9.17) is 24.4 Å². The van der Waals surface area contributed by atoms with Gasteiger partial charge in [0.15, 0.2) is 0 Å². The Morgan fingerprint density at radius 1 is 1.62 bits per heavy atom. The summed E-state index contributed by atoms with van der Waals surface area (Å²) in [6.07, 6.45) is 2.15. The van der Waals surface area contributed by atoms with Crippen molar-refractivity contribution in [1.29, 1.82) is 0 Å². The molecule has 0 aromatic rings. The van der Waals surface area contributed by atoms with Crippen LogP contribution in [0.15, 0.2) is 4.99 Å². The molecule has 0 radical (unpaired) electrons. The topological polar surface area (TPSA) is 24.4 Å². The van der Waals surface area contributed by atoms with Crippen LogP contribution in [0, 0.1) is 0 Å². The van der Waals surface area contributed by atoms with Crippen LogP contribution in [-0.4, -0.2) is 16.3 Å². The van der Waals surface area contributed by atoms with Crippen molar-refractivity contribution in [3.8, 4) is 0 Å². The fraction of sp³-hybridized carbons (Fsp3) is 0.250. The number of hydrogen-bond donors (Lipinski definition) is 1. The molecule has 1 rings (SSSR count). The van der Waals surface area contributed by atoms with E-state index in [0.717, 1.165) is 4.99 Å². The van der Waals surface area contributed by atoms with Gasteiger partial charge in [-0.05, 0) is 0 Å². The molecule has 0 aliphatic carbocycles. The monoisotopic (exact) mass is 144 g/mol. The molecular formula is C4H4N2S2. The van der Waals surface area contributed by atoms with E-state index in [0.29, 0.717) is 11.4 Å². The van der Waals surface area contributed by atoms with Crippen molar-refractivity contribution in [3.63, 3.8) is 0 Å². The zero-order chi connectivity index (χ0) is 5.98. The van der Waals surface area contributed by atoms with Gasteiger partial charge in [0.25, 0.3) is 0 Å². The number of nitrogens with one attached hydrogen (secondary N) is 1. The van der Waals surface area contributed by atoms with Crippen LogP contribution in [0.3, 0.4) is 0 Å². The van der Waals surface area contributed by atoms with Gasteiger partial charge in [-0.3, -0.25) is 0 Å². The minimum absolute atomic E-state index is 0.626. The van der Waals surface area contributed by atoms with Crippen molar-refractivity contribution in [2.75, 3.05) is 0 Å². The van der Waals surface area contributed by atoms with Gasteiger partial charge in [0, 0.05) is 0 Å². The van der Waals surface area contributed by atoms with Crippen molar-refractivity contribution < 1.29 is 0 Å². The molecule has 1 aliphatic heterocycles. The number of rotatable bonds is 0. The van der Waals surface area contributed by atoms with Crippen molar-refractivity contribution in [2.45, 2.75) is 6.42 Å². The van der Waals surface area contributed by atoms with Gasteiger partial charge in [-0.2, -0.15) is 0 Å². The second kappa shape index (κ2) is 2.28. The average molecular weight is 144 g/mol. The van der Waals surface area contributed by atoms with Crippen LogP contribution in [0.1, 0.15) is 6.42 Å². The molecule has 8 heavy (non-hydrogen) atoms. The lowest BCUT2D eigenvalue weighted by Gasteiger charge is -2.05. The average Bonchev–Trinajstić information content (AvgIpc) is 1.64. The molecule has 0 aromatic heterocycles. The molecule has 0 atom stereocenters. The van der Waals surface area contributed by atoms with Gasteiger partial charge in [-0.15, -0.1) is 0 Å². The summed E-state index contributed by atoms with van der Waals surface area (Å²) in [6.45, 7) is 0. The van der Waals surface area contributed by atoms with E-state index in [9.17, 15) is 0 Å². The zero-order valence-electron chi connectivity index (χ0n) is 4.05. The summed E-state index contributed by atoms with van der Waals surface area (Å²) >= 11 is 9.55. The van der Waals surface area contributed by atoms with Gasteiger partial charge in [0.1, 0.15) is 4.99 Å². The lowest BCUT2D eigenvalue weighted by molar-refractivity contribution is 1.33. The Hall–Kier alpha value is -0.350. The van der Waals surface area contributed by atoms with Crippen molar-refractivity contribution >= 4 is 40.8 Å². The molecule has 0 saturated heterocycles. The number of aliphatic imine (C=N–C) groups is 1. The van der Waals surface area contributed by atoms with Gasteiger partial charge in [0.05, 0.1) is 17.7 Å². The van der Waals surface area contributed by atoms with E-state index >= 15 is 0 Å². The number of hydrogen-bond acceptors (Lipinski definition) is 2. The summed E-state index contributed by atoms with van der Waals surface area (Å²) in [5.74, 6) is 0. The highest BCUT2D eigenvalue weighted by Crippen LogP contribution is 1.93. The second-order valence-electron chi connectivity index (χ2n) is 1.40. The molecule has 4 heteroatoms. The van der Waals surface area contributed by atoms with Crippen LogP contribution in [0.25, 0.3) is 0 Å². The van der Waals surface area contributed by atoms with Gasteiger partial charge in [0.2, 0.25) is 0 Å². The molecule has 42 valence electrons. The Labute approximate surface area is 58.0 Å². The summed E-state index contributed by atoms with van der Waals surface area (Å²) in [5, 5.41) is 2.76. The highest BCUT2D eigenvalue weighted by atomic mass is 32.1. The molecule has 0 aromatic carbocycles. The van der Waals surface area contributed by atoms with E-state index in [1.165, 1.54) is 6.34 Å². The minimum atomic E-state index is 0.626. The van der Waals surface area contributed by atoms with Crippen molar-refractivity contribution in [1.82, 2.24) is 5.32 Å². The maximum atomic E-state index is 4.79. The van der Waals surface area contributed by atoms with Gasteiger partial charge >= 0.3 is 0 Å². The van der Waals surface area contributed by atoms with Crippen molar-refractivity contribution in [3.05, 3.63) is 0 Å². The fourth-order valence-electron chi connectivity index (χ4n) is 0.410. The number of nitrogens with zero attached hydrogens (tertiary/aromatic N) is 1. The second-order valence-corrected chi connectivity index (χ2v) is 2.36. The SMILES string of the molecule is S=C1CC(=S)NC=N1. The molecule has 0 fully saturated rings. The molecule has 1 aliphatic rings. The fourth-order valence-corrected chi connectivity index (χ4v) is 0.888. The maximum Gasteiger partial charge on any atom is 0.111 e. The van der Waals surface area contributed by atoms with Gasteiger partial charge in [-0.25, -0.2) is 4.99 Å². The Morgan fingerprint density at radius 3 is 2.75 bits per heavy atom. The van der Waals surface area contributed by atoms with Gasteiger partial charge < -0.3 is 5.32 Å². The standard InChI is InChI=1S/C4H4N2S2/c7-3-1-4(8)6-2-5-3/h2H,1H2,(H,5,6,7,8). The molecule has 1 heterocycles. The van der Waals surface area contributed by atoms with E-state index in [-0.39, 0.29) is 0 Å². The predicted octanol–water partition coefficient (Wildman–Crippen LogP) is 0.663. The molecular weight excluding hydrogens is 140 g/mol. The summed E-state index contributed by atoms with van der Waals surface area (Å²) < 4.78 is 0. The maximum absolute atomic E-state index is 4.79. The van der Waals surface area contributed by atoms with Crippen LogP contribution in [-0.2, 0) is 0 Å². The zero-order valence-corrected chi connectivity index (χ0v) is 5.68. The molecule has 0 bridgehead atoms. The summed E-state index contributed by atoms with van der Waals surface area (Å²) in [5.41, 5.74) is 0. The van der Waals surface area contributed by atoms with Gasteiger partial charge in [-0.1, -0.05) is 24.4 Å². The third-order valence-electron chi connectivity index (χ3n) is 0.746. The normalized spacial score (nSPS) is 18.5. The largest absolute Gasteiger partial charge is 0.340 e. The Bertz CT molecular complexity index is 161. The molecule has 2 nitrogen and oxygen atoms in total. The third-order valence-corrected chi connectivity index (χ3v) is 1.26. The highest BCUT2D eigenvalue weighted by Gasteiger charge is 2.02. The van der Waals surface area contributed by atoms with E-state index in [2.05, 4.69) is 10.3 Å². The summed E-state index contributed by atoms with van der Waals surface area (Å²) in [4.78, 5) is 5.20. The van der Waals surface area contributed by atoms with Crippen LogP contribution in [0.4, 0.5) is 0 Å². The predicted molar refractivity (Wildman–Crippen MR) is 41.4 cm³/mol. The lowest BCUT2D eigenvalue weighted by atomic mass is 10.4. The Balaban J connectivity index is 2.68. The Morgan fingerprint density at radius 2 is 2.38 bits per heavy atom. The molecule has 0 amide bonds. The van der Waals surface area contributed by atoms with E-state index in [1.54, 1.807) is 0 Å². The smallest absolute Gasteiger partial charge is 0.111 e. The first-order valence-electron chi connectivity index (χ1n) is 2.14.